The molecule has 3 aromatic rings. The Bertz CT molecular complexity index is 1040. The van der Waals surface area contributed by atoms with Gasteiger partial charge in [0.05, 0.1) is 24.1 Å². The highest BCUT2D eigenvalue weighted by atomic mass is 19.1. The van der Waals surface area contributed by atoms with Crippen LogP contribution < -0.4 is 5.32 Å². The fourth-order valence-electron chi connectivity index (χ4n) is 3.95. The summed E-state index contributed by atoms with van der Waals surface area (Å²) in [5.41, 5.74) is 2.86. The van der Waals surface area contributed by atoms with E-state index >= 15 is 0 Å². The Kier molecular flexibility index (Phi) is 6.50. The molecule has 1 amide bonds. The van der Waals surface area contributed by atoms with Crippen molar-refractivity contribution in [1.82, 2.24) is 19.9 Å². The average molecular weight is 420 g/mol. The fraction of sp³-hybridized carbons (Fsp3) is 0.333. The van der Waals surface area contributed by atoms with Gasteiger partial charge in [-0.3, -0.25) is 9.78 Å². The van der Waals surface area contributed by atoms with Crippen LogP contribution in [-0.4, -0.2) is 32.3 Å². The van der Waals surface area contributed by atoms with Gasteiger partial charge in [-0.15, -0.1) is 0 Å². The first kappa shape index (κ1) is 20.9. The monoisotopic (exact) mass is 419 g/mol. The molecule has 6 nitrogen and oxygen atoms in total. The Morgan fingerprint density at radius 3 is 2.87 bits per heavy atom. The van der Waals surface area contributed by atoms with Gasteiger partial charge >= 0.3 is 0 Å². The number of hydrogen-bond donors (Lipinski definition) is 1. The largest absolute Gasteiger partial charge is 0.334 e. The van der Waals surface area contributed by atoms with Gasteiger partial charge in [0.2, 0.25) is 5.91 Å². The molecule has 1 aliphatic rings. The molecule has 3 heterocycles. The first-order valence-corrected chi connectivity index (χ1v) is 10.6. The van der Waals surface area contributed by atoms with Gasteiger partial charge in [-0.05, 0) is 61.9 Å². The van der Waals surface area contributed by atoms with Crippen LogP contribution in [-0.2, 0) is 11.2 Å². The number of nitrogens with zero attached hydrogens (tertiary/aromatic N) is 4. The van der Waals surface area contributed by atoms with E-state index in [-0.39, 0.29) is 17.8 Å². The van der Waals surface area contributed by atoms with Crippen LogP contribution in [0.25, 0.3) is 0 Å². The van der Waals surface area contributed by atoms with E-state index < -0.39 is 0 Å². The molecule has 1 saturated heterocycles. The minimum Gasteiger partial charge on any atom is -0.334 e. The quantitative estimate of drug-likeness (QED) is 0.598. The third kappa shape index (κ3) is 5.23. The number of benzene rings is 1. The van der Waals surface area contributed by atoms with E-state index in [9.17, 15) is 9.18 Å². The lowest BCUT2D eigenvalue weighted by molar-refractivity contribution is -0.132. The zero-order valence-electron chi connectivity index (χ0n) is 17.6. The van der Waals surface area contributed by atoms with Gasteiger partial charge < -0.3 is 10.2 Å². The number of amides is 1. The number of likely N-dealkylation sites (tertiary alicyclic amines) is 1. The van der Waals surface area contributed by atoms with Crippen LogP contribution in [0.15, 0.2) is 55.0 Å². The van der Waals surface area contributed by atoms with Crippen LogP contribution in [0.4, 0.5) is 16.0 Å². The molecule has 1 aliphatic heterocycles. The maximum atomic E-state index is 13.0. The summed E-state index contributed by atoms with van der Waals surface area (Å²) in [4.78, 5) is 28.2. The molecule has 31 heavy (non-hydrogen) atoms. The van der Waals surface area contributed by atoms with Gasteiger partial charge in [-0.2, -0.15) is 0 Å². The topological polar surface area (TPSA) is 71.0 Å². The zero-order valence-corrected chi connectivity index (χ0v) is 17.6. The molecule has 1 unspecified atom stereocenters. The molecule has 1 atom stereocenters. The SMILES string of the molecule is Cc1cccnc1Nc1cncc(C2CCCN2C(=O)CCCc2ccc(F)cc2)n1. The first-order chi connectivity index (χ1) is 15.1. The van der Waals surface area contributed by atoms with E-state index in [1.807, 2.05) is 24.0 Å². The van der Waals surface area contributed by atoms with Gasteiger partial charge in [0, 0.05) is 19.2 Å². The Morgan fingerprint density at radius 2 is 2.06 bits per heavy atom. The summed E-state index contributed by atoms with van der Waals surface area (Å²) in [5.74, 6) is 1.25. The predicted octanol–water partition coefficient (Wildman–Crippen LogP) is 4.75. The van der Waals surface area contributed by atoms with Gasteiger partial charge in [0.1, 0.15) is 17.5 Å². The van der Waals surface area contributed by atoms with E-state index in [0.29, 0.717) is 12.2 Å². The lowest BCUT2D eigenvalue weighted by atomic mass is 10.1. The fourth-order valence-corrected chi connectivity index (χ4v) is 3.95. The second-order valence-corrected chi connectivity index (χ2v) is 7.85. The first-order valence-electron chi connectivity index (χ1n) is 10.6. The minimum atomic E-state index is -0.240. The number of nitrogens with one attached hydrogen (secondary N) is 1. The lowest BCUT2D eigenvalue weighted by Gasteiger charge is -2.24. The maximum Gasteiger partial charge on any atom is 0.223 e. The van der Waals surface area contributed by atoms with Gasteiger partial charge in [0.25, 0.3) is 0 Å². The summed E-state index contributed by atoms with van der Waals surface area (Å²) in [5, 5.41) is 3.22. The predicted molar refractivity (Wildman–Crippen MR) is 117 cm³/mol. The van der Waals surface area contributed by atoms with Crippen molar-refractivity contribution < 1.29 is 9.18 Å². The number of pyridine rings is 1. The highest BCUT2D eigenvalue weighted by Gasteiger charge is 2.31. The number of rotatable bonds is 7. The smallest absolute Gasteiger partial charge is 0.223 e. The number of hydrogen-bond acceptors (Lipinski definition) is 5. The average Bonchev–Trinajstić information content (AvgIpc) is 3.27. The summed E-state index contributed by atoms with van der Waals surface area (Å²) in [6.45, 7) is 2.72. The molecule has 1 aromatic carbocycles. The molecule has 1 N–H and O–H groups in total. The van der Waals surface area contributed by atoms with Crippen LogP contribution in [0, 0.1) is 12.7 Å². The van der Waals surface area contributed by atoms with Gasteiger partial charge in [-0.25, -0.2) is 14.4 Å². The molecule has 0 radical (unpaired) electrons. The Hall–Kier alpha value is -3.35. The second-order valence-electron chi connectivity index (χ2n) is 7.85. The van der Waals surface area contributed by atoms with E-state index in [1.54, 1.807) is 30.7 Å². The van der Waals surface area contributed by atoms with Crippen molar-refractivity contribution in [2.24, 2.45) is 0 Å². The van der Waals surface area contributed by atoms with Crippen molar-refractivity contribution in [2.75, 3.05) is 11.9 Å². The highest BCUT2D eigenvalue weighted by molar-refractivity contribution is 5.77. The maximum absolute atomic E-state index is 13.0. The van der Waals surface area contributed by atoms with Crippen molar-refractivity contribution in [3.05, 3.63) is 77.6 Å². The number of carbonyl (C=O) groups excluding carboxylic acids is 1. The Balaban J connectivity index is 1.39. The molecule has 7 heteroatoms. The molecule has 0 bridgehead atoms. The summed E-state index contributed by atoms with van der Waals surface area (Å²) < 4.78 is 13.0. The number of aryl methyl sites for hydroxylation is 2. The molecule has 0 spiro atoms. The summed E-state index contributed by atoms with van der Waals surface area (Å²) in [6, 6.07) is 10.3. The highest BCUT2D eigenvalue weighted by Crippen LogP contribution is 2.32. The van der Waals surface area contributed by atoms with Crippen molar-refractivity contribution >= 4 is 17.5 Å². The van der Waals surface area contributed by atoms with E-state index in [2.05, 4.69) is 15.3 Å². The standard InChI is InChI=1S/C24H26FN5O/c1-17-5-3-13-27-24(17)29-22-16-26-15-20(28-22)21-7-4-14-30(21)23(31)8-2-6-18-9-11-19(25)12-10-18/h3,5,9-13,15-16,21H,2,4,6-8,14H2,1H3,(H,27,28,29). The second kappa shape index (κ2) is 9.64. The van der Waals surface area contributed by atoms with Crippen LogP contribution in [0.1, 0.15) is 48.5 Å². The lowest BCUT2D eigenvalue weighted by Crippen LogP contribution is -2.31. The Labute approximate surface area is 181 Å². The van der Waals surface area contributed by atoms with Crippen molar-refractivity contribution in [2.45, 2.75) is 45.1 Å². The number of carbonyl (C=O) groups is 1. The summed E-state index contributed by atoms with van der Waals surface area (Å²) >= 11 is 0. The van der Waals surface area contributed by atoms with Crippen LogP contribution in [0.2, 0.25) is 0 Å². The Morgan fingerprint density at radius 1 is 1.23 bits per heavy atom. The van der Waals surface area contributed by atoms with E-state index in [4.69, 9.17) is 4.98 Å². The molecule has 0 aliphatic carbocycles. The van der Waals surface area contributed by atoms with Crippen molar-refractivity contribution in [1.29, 1.82) is 0 Å². The van der Waals surface area contributed by atoms with Crippen molar-refractivity contribution in [3.63, 3.8) is 0 Å². The van der Waals surface area contributed by atoms with Crippen LogP contribution in [0.3, 0.4) is 0 Å². The molecular formula is C24H26FN5O. The number of halogens is 1. The molecule has 4 rings (SSSR count). The number of aromatic nitrogens is 3. The molecular weight excluding hydrogens is 393 g/mol. The third-order valence-electron chi connectivity index (χ3n) is 5.59. The summed E-state index contributed by atoms with van der Waals surface area (Å²) in [7, 11) is 0. The third-order valence-corrected chi connectivity index (χ3v) is 5.59. The van der Waals surface area contributed by atoms with Gasteiger partial charge in [-0.1, -0.05) is 18.2 Å². The van der Waals surface area contributed by atoms with Crippen molar-refractivity contribution in [3.8, 4) is 0 Å². The zero-order chi connectivity index (χ0) is 21.6. The molecule has 2 aromatic heterocycles. The molecule has 1 fully saturated rings. The normalized spacial score (nSPS) is 15.8. The van der Waals surface area contributed by atoms with E-state index in [1.165, 1.54) is 12.1 Å². The molecule has 160 valence electrons. The van der Waals surface area contributed by atoms with Crippen LogP contribution >= 0.6 is 0 Å². The summed E-state index contributed by atoms with van der Waals surface area (Å²) in [6.07, 6.45) is 8.93. The van der Waals surface area contributed by atoms with E-state index in [0.717, 1.165) is 54.9 Å². The molecule has 0 saturated carbocycles. The number of anilines is 2. The van der Waals surface area contributed by atoms with Crippen LogP contribution in [0.5, 0.6) is 0 Å². The van der Waals surface area contributed by atoms with Gasteiger partial charge in [0.15, 0.2) is 0 Å². The minimum absolute atomic E-state index is 0.0580.